The minimum absolute atomic E-state index is 0.377. The van der Waals surface area contributed by atoms with Crippen molar-refractivity contribution in [2.24, 2.45) is 0 Å². The van der Waals surface area contributed by atoms with Crippen LogP contribution in [0.3, 0.4) is 0 Å². The number of aromatic nitrogens is 3. The summed E-state index contributed by atoms with van der Waals surface area (Å²) >= 11 is 6.11. The zero-order valence-electron chi connectivity index (χ0n) is 13.2. The van der Waals surface area contributed by atoms with Gasteiger partial charge in [-0.3, -0.25) is 0 Å². The number of anilines is 1. The van der Waals surface area contributed by atoms with E-state index in [-0.39, 0.29) is 0 Å². The molecule has 2 aromatic heterocycles. The highest BCUT2D eigenvalue weighted by atomic mass is 35.5. The van der Waals surface area contributed by atoms with Crippen LogP contribution in [-0.2, 0) is 0 Å². The van der Waals surface area contributed by atoms with Crippen molar-refractivity contribution in [3.8, 4) is 11.3 Å². The maximum Gasteiger partial charge on any atom is 0.154 e. The lowest BCUT2D eigenvalue weighted by Crippen LogP contribution is -2.26. The normalized spacial score (nSPS) is 18.0. The molecule has 6 heteroatoms. The molecular formula is C18H18ClN5. The van der Waals surface area contributed by atoms with Gasteiger partial charge in [0, 0.05) is 22.3 Å². The number of nitrogens with zero attached hydrogens (tertiary/aromatic N) is 3. The Balaban J connectivity index is 1.65. The van der Waals surface area contributed by atoms with E-state index >= 15 is 0 Å². The van der Waals surface area contributed by atoms with Crippen molar-refractivity contribution in [3.63, 3.8) is 0 Å². The van der Waals surface area contributed by atoms with E-state index in [4.69, 9.17) is 22.1 Å². The van der Waals surface area contributed by atoms with Gasteiger partial charge in [-0.15, -0.1) is 5.10 Å². The molecule has 0 atom stereocenters. The highest BCUT2D eigenvalue weighted by Crippen LogP contribution is 2.24. The third-order valence-electron chi connectivity index (χ3n) is 4.42. The predicted molar refractivity (Wildman–Crippen MR) is 97.0 cm³/mol. The third kappa shape index (κ3) is 2.99. The molecule has 0 aliphatic heterocycles. The van der Waals surface area contributed by atoms with Crippen LogP contribution in [0.5, 0.6) is 0 Å². The van der Waals surface area contributed by atoms with E-state index in [2.05, 4.69) is 10.3 Å². The lowest BCUT2D eigenvalue weighted by Gasteiger charge is -2.23. The molecule has 122 valence electrons. The van der Waals surface area contributed by atoms with Crippen LogP contribution in [0, 0.1) is 5.41 Å². The first-order valence-corrected chi connectivity index (χ1v) is 8.50. The first kappa shape index (κ1) is 15.1. The molecule has 1 aliphatic carbocycles. The molecule has 0 unspecified atom stereocenters. The fourth-order valence-electron chi connectivity index (χ4n) is 3.11. The predicted octanol–water partition coefficient (Wildman–Crippen LogP) is 4.42. The van der Waals surface area contributed by atoms with Crippen molar-refractivity contribution in [1.82, 2.24) is 14.6 Å². The summed E-state index contributed by atoms with van der Waals surface area (Å²) in [4.78, 5) is 4.42. The molecule has 0 radical (unpaired) electrons. The van der Waals surface area contributed by atoms with E-state index in [1.54, 1.807) is 0 Å². The molecule has 1 aromatic carbocycles. The molecule has 5 nitrogen and oxygen atoms in total. The fourth-order valence-corrected chi connectivity index (χ4v) is 3.30. The summed E-state index contributed by atoms with van der Waals surface area (Å²) in [5.41, 5.74) is 3.57. The number of hydrogen-bond acceptors (Lipinski definition) is 4. The number of rotatable bonds is 3. The molecule has 2 heterocycles. The second kappa shape index (κ2) is 6.24. The van der Waals surface area contributed by atoms with E-state index in [1.807, 2.05) is 47.1 Å². The van der Waals surface area contributed by atoms with Gasteiger partial charge >= 0.3 is 0 Å². The summed E-state index contributed by atoms with van der Waals surface area (Å²) in [5, 5.41) is 16.6. The van der Waals surface area contributed by atoms with Crippen molar-refractivity contribution < 1.29 is 0 Å². The van der Waals surface area contributed by atoms with Crippen molar-refractivity contribution >= 4 is 28.8 Å². The summed E-state index contributed by atoms with van der Waals surface area (Å²) in [6, 6.07) is 12.0. The maximum absolute atomic E-state index is 7.72. The van der Waals surface area contributed by atoms with Crippen LogP contribution < -0.4 is 5.32 Å². The minimum atomic E-state index is 0.377. The van der Waals surface area contributed by atoms with E-state index in [1.165, 1.54) is 0 Å². The summed E-state index contributed by atoms with van der Waals surface area (Å²) in [6.07, 6.45) is 5.55. The monoisotopic (exact) mass is 339 g/mol. The van der Waals surface area contributed by atoms with Crippen LogP contribution in [0.4, 0.5) is 5.82 Å². The Morgan fingerprint density at radius 1 is 1.17 bits per heavy atom. The summed E-state index contributed by atoms with van der Waals surface area (Å²) in [6.45, 7) is 0. The lowest BCUT2D eigenvalue weighted by atomic mass is 9.94. The quantitative estimate of drug-likeness (QED) is 0.742. The van der Waals surface area contributed by atoms with Crippen LogP contribution in [0.15, 0.2) is 42.6 Å². The molecule has 2 N–H and O–H groups in total. The average Bonchev–Trinajstić information content (AvgIpc) is 3.00. The third-order valence-corrected chi connectivity index (χ3v) is 4.66. The van der Waals surface area contributed by atoms with Crippen molar-refractivity contribution in [3.05, 3.63) is 47.6 Å². The molecule has 1 saturated carbocycles. The summed E-state index contributed by atoms with van der Waals surface area (Å²) < 4.78 is 1.85. The standard InChI is InChI=1S/C18H18ClN5/c19-13-3-1-2-12(10-13)16-11-21-18-9-8-17(23-24(16)18)22-15-6-4-14(20)5-7-15/h1-3,8-11,15,20H,4-7H2,(H,22,23). The van der Waals surface area contributed by atoms with E-state index in [9.17, 15) is 0 Å². The van der Waals surface area contributed by atoms with Gasteiger partial charge in [-0.05, 0) is 49.9 Å². The Bertz CT molecular complexity index is 891. The number of benzene rings is 1. The van der Waals surface area contributed by atoms with Crippen LogP contribution in [-0.4, -0.2) is 26.4 Å². The van der Waals surface area contributed by atoms with Gasteiger partial charge in [0.1, 0.15) is 5.82 Å². The molecule has 0 spiro atoms. The van der Waals surface area contributed by atoms with E-state index < -0.39 is 0 Å². The van der Waals surface area contributed by atoms with E-state index in [0.29, 0.717) is 11.1 Å². The van der Waals surface area contributed by atoms with Crippen molar-refractivity contribution in [2.75, 3.05) is 5.32 Å². The maximum atomic E-state index is 7.72. The molecule has 3 aromatic rings. The van der Waals surface area contributed by atoms with Gasteiger partial charge in [0.05, 0.1) is 11.9 Å². The fraction of sp³-hybridized carbons (Fsp3) is 0.278. The van der Waals surface area contributed by atoms with Crippen LogP contribution in [0.25, 0.3) is 16.9 Å². The van der Waals surface area contributed by atoms with Crippen molar-refractivity contribution in [2.45, 2.75) is 31.7 Å². The Kier molecular flexibility index (Phi) is 3.94. The van der Waals surface area contributed by atoms with Crippen LogP contribution >= 0.6 is 11.6 Å². The SMILES string of the molecule is N=C1CCC(Nc2ccc3ncc(-c4cccc(Cl)c4)n3n2)CC1. The van der Waals surface area contributed by atoms with Gasteiger partial charge in [0.2, 0.25) is 0 Å². The first-order chi connectivity index (χ1) is 11.7. The minimum Gasteiger partial charge on any atom is -0.366 e. The Hall–Kier alpha value is -2.40. The number of hydrogen-bond donors (Lipinski definition) is 2. The molecule has 0 bridgehead atoms. The van der Waals surface area contributed by atoms with Gasteiger partial charge in [-0.2, -0.15) is 0 Å². The van der Waals surface area contributed by atoms with Gasteiger partial charge in [0.25, 0.3) is 0 Å². The average molecular weight is 340 g/mol. The second-order valence-corrected chi connectivity index (χ2v) is 6.60. The molecular weight excluding hydrogens is 322 g/mol. The molecule has 1 aliphatic rings. The van der Waals surface area contributed by atoms with Crippen LogP contribution in [0.2, 0.25) is 5.02 Å². The van der Waals surface area contributed by atoms with Crippen molar-refractivity contribution in [1.29, 1.82) is 5.41 Å². The van der Waals surface area contributed by atoms with Gasteiger partial charge in [-0.1, -0.05) is 23.7 Å². The Labute approximate surface area is 145 Å². The van der Waals surface area contributed by atoms with Gasteiger partial charge in [0.15, 0.2) is 5.65 Å². The highest BCUT2D eigenvalue weighted by molar-refractivity contribution is 6.30. The molecule has 0 amide bonds. The van der Waals surface area contributed by atoms with E-state index in [0.717, 1.165) is 54.1 Å². The Morgan fingerprint density at radius 2 is 2.00 bits per heavy atom. The molecule has 1 fully saturated rings. The summed E-state index contributed by atoms with van der Waals surface area (Å²) in [7, 11) is 0. The first-order valence-electron chi connectivity index (χ1n) is 8.12. The molecule has 4 rings (SSSR count). The van der Waals surface area contributed by atoms with Gasteiger partial charge < -0.3 is 10.7 Å². The van der Waals surface area contributed by atoms with Gasteiger partial charge in [-0.25, -0.2) is 9.50 Å². The molecule has 24 heavy (non-hydrogen) atoms. The highest BCUT2D eigenvalue weighted by Gasteiger charge is 2.17. The smallest absolute Gasteiger partial charge is 0.154 e. The number of fused-ring (bicyclic) bond motifs is 1. The summed E-state index contributed by atoms with van der Waals surface area (Å²) in [5.74, 6) is 0.835. The number of halogens is 1. The molecule has 0 saturated heterocycles. The topological polar surface area (TPSA) is 66.1 Å². The second-order valence-electron chi connectivity index (χ2n) is 6.16. The lowest BCUT2D eigenvalue weighted by molar-refractivity contribution is 0.587. The zero-order chi connectivity index (χ0) is 16.5. The van der Waals surface area contributed by atoms with Crippen LogP contribution in [0.1, 0.15) is 25.7 Å². The number of imidazole rings is 1. The number of nitrogens with one attached hydrogen (secondary N) is 2. The largest absolute Gasteiger partial charge is 0.366 e. The Morgan fingerprint density at radius 3 is 2.79 bits per heavy atom. The zero-order valence-corrected chi connectivity index (χ0v) is 13.9.